The molecule has 3 rings (SSSR count). The Labute approximate surface area is 118 Å². The van der Waals surface area contributed by atoms with Crippen LogP contribution in [0, 0.1) is 11.3 Å². The van der Waals surface area contributed by atoms with Gasteiger partial charge in [-0.2, -0.15) is 5.26 Å². The van der Waals surface area contributed by atoms with Crippen LogP contribution in [0.4, 0.5) is 0 Å². The minimum absolute atomic E-state index is 0.542. The Morgan fingerprint density at radius 1 is 0.950 bits per heavy atom. The Morgan fingerprint density at radius 3 is 2.30 bits per heavy atom. The molecule has 3 heteroatoms. The van der Waals surface area contributed by atoms with Crippen molar-refractivity contribution in [2.45, 2.75) is 12.2 Å². The lowest BCUT2D eigenvalue weighted by Gasteiger charge is -2.28. The number of rotatable bonds is 3. The highest BCUT2D eigenvalue weighted by Crippen LogP contribution is 2.35. The molecule has 2 aromatic rings. The number of benzene rings is 2. The monoisotopic (exact) mass is 265 g/mol. The molecule has 3 nitrogen and oxygen atoms in total. The summed E-state index contributed by atoms with van der Waals surface area (Å²) < 4.78 is 11.8. The summed E-state index contributed by atoms with van der Waals surface area (Å²) in [5.74, 6) is -0.770. The summed E-state index contributed by atoms with van der Waals surface area (Å²) in [5, 5.41) is 9.22. The minimum Gasteiger partial charge on any atom is -0.343 e. The van der Waals surface area contributed by atoms with Gasteiger partial charge in [0.1, 0.15) is 0 Å². The molecule has 0 amide bonds. The average Bonchev–Trinajstić information content (AvgIpc) is 2.98. The van der Waals surface area contributed by atoms with Gasteiger partial charge in [-0.3, -0.25) is 0 Å². The molecule has 1 saturated heterocycles. The first kappa shape index (κ1) is 12.9. The predicted octanol–water partition coefficient (Wildman–Crippen LogP) is 3.00. The molecule has 0 aromatic heterocycles. The third-order valence-corrected chi connectivity index (χ3v) is 3.53. The van der Waals surface area contributed by atoms with Gasteiger partial charge in [0, 0.05) is 12.0 Å². The van der Waals surface area contributed by atoms with Gasteiger partial charge in [-0.25, -0.2) is 0 Å². The van der Waals surface area contributed by atoms with Crippen LogP contribution in [0.25, 0.3) is 0 Å². The van der Waals surface area contributed by atoms with E-state index in [1.54, 1.807) is 0 Å². The van der Waals surface area contributed by atoms with Crippen molar-refractivity contribution in [3.63, 3.8) is 0 Å². The molecule has 1 fully saturated rings. The molecule has 0 unspecified atom stereocenters. The van der Waals surface area contributed by atoms with Crippen LogP contribution in [-0.4, -0.2) is 13.2 Å². The second kappa shape index (κ2) is 5.46. The maximum atomic E-state index is 9.22. The van der Waals surface area contributed by atoms with Crippen LogP contribution in [0.2, 0.25) is 0 Å². The normalized spacial score (nSPS) is 16.8. The molecule has 0 bridgehead atoms. The number of hydrogen-bond acceptors (Lipinski definition) is 3. The minimum atomic E-state index is -0.770. The SMILES string of the molecule is N#Cc1ccccc1CC1(c2ccccc2)OCCO1. The Bertz CT molecular complexity index is 625. The zero-order valence-electron chi connectivity index (χ0n) is 11.1. The third kappa shape index (κ3) is 2.32. The van der Waals surface area contributed by atoms with E-state index in [9.17, 15) is 5.26 Å². The van der Waals surface area contributed by atoms with Crippen LogP contribution >= 0.6 is 0 Å². The topological polar surface area (TPSA) is 42.2 Å². The van der Waals surface area contributed by atoms with E-state index in [0.29, 0.717) is 25.2 Å². The van der Waals surface area contributed by atoms with Gasteiger partial charge in [-0.1, -0.05) is 48.5 Å². The highest BCUT2D eigenvalue weighted by molar-refractivity contribution is 5.39. The maximum absolute atomic E-state index is 9.22. The molecule has 1 aliphatic heterocycles. The number of ether oxygens (including phenoxy) is 2. The van der Waals surface area contributed by atoms with Gasteiger partial charge in [0.25, 0.3) is 0 Å². The zero-order valence-corrected chi connectivity index (χ0v) is 11.1. The van der Waals surface area contributed by atoms with Gasteiger partial charge in [0.2, 0.25) is 0 Å². The molecule has 1 heterocycles. The van der Waals surface area contributed by atoms with Crippen LogP contribution in [0.5, 0.6) is 0 Å². The van der Waals surface area contributed by atoms with Crippen molar-refractivity contribution in [2.75, 3.05) is 13.2 Å². The molecular weight excluding hydrogens is 250 g/mol. The molecule has 0 atom stereocenters. The molecule has 100 valence electrons. The van der Waals surface area contributed by atoms with Crippen LogP contribution in [0.1, 0.15) is 16.7 Å². The van der Waals surface area contributed by atoms with E-state index in [4.69, 9.17) is 9.47 Å². The Hall–Kier alpha value is -2.15. The number of nitriles is 1. The van der Waals surface area contributed by atoms with Gasteiger partial charge in [0.05, 0.1) is 24.8 Å². The van der Waals surface area contributed by atoms with Crippen LogP contribution < -0.4 is 0 Å². The third-order valence-electron chi connectivity index (χ3n) is 3.53. The lowest BCUT2D eigenvalue weighted by molar-refractivity contribution is -0.164. The van der Waals surface area contributed by atoms with Gasteiger partial charge >= 0.3 is 0 Å². The summed E-state index contributed by atoms with van der Waals surface area (Å²) in [5.41, 5.74) is 2.60. The average molecular weight is 265 g/mol. The van der Waals surface area contributed by atoms with Crippen molar-refractivity contribution < 1.29 is 9.47 Å². The summed E-state index contributed by atoms with van der Waals surface area (Å²) in [6.45, 7) is 1.15. The van der Waals surface area contributed by atoms with Gasteiger partial charge in [-0.15, -0.1) is 0 Å². The first-order chi connectivity index (χ1) is 9.84. The molecule has 1 aliphatic rings. The first-order valence-electron chi connectivity index (χ1n) is 6.65. The fourth-order valence-electron chi connectivity index (χ4n) is 2.55. The highest BCUT2D eigenvalue weighted by Gasteiger charge is 2.39. The smallest absolute Gasteiger partial charge is 0.199 e. The van der Waals surface area contributed by atoms with Crippen molar-refractivity contribution in [3.05, 3.63) is 71.3 Å². The molecule has 0 spiro atoms. The quantitative estimate of drug-likeness (QED) is 0.856. The number of hydrogen-bond donors (Lipinski definition) is 0. The molecule has 0 aliphatic carbocycles. The molecule has 0 saturated carbocycles. The van der Waals surface area contributed by atoms with Gasteiger partial charge < -0.3 is 9.47 Å². The number of nitrogens with zero attached hydrogens (tertiary/aromatic N) is 1. The second-order valence-electron chi connectivity index (χ2n) is 4.76. The Balaban J connectivity index is 1.99. The lowest BCUT2D eigenvalue weighted by Crippen LogP contribution is -2.30. The van der Waals surface area contributed by atoms with Crippen LogP contribution in [0.3, 0.4) is 0 Å². The van der Waals surface area contributed by atoms with Crippen LogP contribution in [-0.2, 0) is 21.7 Å². The van der Waals surface area contributed by atoms with Crippen molar-refractivity contribution in [2.24, 2.45) is 0 Å². The predicted molar refractivity (Wildman–Crippen MR) is 74.9 cm³/mol. The van der Waals surface area contributed by atoms with E-state index in [2.05, 4.69) is 6.07 Å². The second-order valence-corrected chi connectivity index (χ2v) is 4.76. The Morgan fingerprint density at radius 2 is 1.60 bits per heavy atom. The van der Waals surface area contributed by atoms with E-state index in [1.807, 2.05) is 54.6 Å². The van der Waals surface area contributed by atoms with Crippen molar-refractivity contribution in [1.82, 2.24) is 0 Å². The standard InChI is InChI=1S/C17H15NO2/c18-13-15-7-5-4-6-14(15)12-17(19-10-11-20-17)16-8-2-1-3-9-16/h1-9H,10-12H2. The molecule has 20 heavy (non-hydrogen) atoms. The lowest BCUT2D eigenvalue weighted by atomic mass is 9.95. The summed E-state index contributed by atoms with van der Waals surface area (Å²) in [6, 6.07) is 19.7. The van der Waals surface area contributed by atoms with E-state index in [0.717, 1.165) is 11.1 Å². The summed E-state index contributed by atoms with van der Waals surface area (Å²) >= 11 is 0. The molecular formula is C17H15NO2. The van der Waals surface area contributed by atoms with E-state index < -0.39 is 5.79 Å². The van der Waals surface area contributed by atoms with E-state index >= 15 is 0 Å². The molecule has 0 radical (unpaired) electrons. The fraction of sp³-hybridized carbons (Fsp3) is 0.235. The summed E-state index contributed by atoms with van der Waals surface area (Å²) in [4.78, 5) is 0. The van der Waals surface area contributed by atoms with Crippen molar-refractivity contribution >= 4 is 0 Å². The van der Waals surface area contributed by atoms with E-state index in [1.165, 1.54) is 0 Å². The van der Waals surface area contributed by atoms with Crippen molar-refractivity contribution in [1.29, 1.82) is 5.26 Å². The zero-order chi connectivity index (χ0) is 13.8. The van der Waals surface area contributed by atoms with E-state index in [-0.39, 0.29) is 0 Å². The first-order valence-corrected chi connectivity index (χ1v) is 6.65. The van der Waals surface area contributed by atoms with Gasteiger partial charge in [-0.05, 0) is 11.6 Å². The van der Waals surface area contributed by atoms with Crippen molar-refractivity contribution in [3.8, 4) is 6.07 Å². The fourth-order valence-corrected chi connectivity index (χ4v) is 2.55. The summed E-state index contributed by atoms with van der Waals surface area (Å²) in [6.07, 6.45) is 0.542. The van der Waals surface area contributed by atoms with Crippen LogP contribution in [0.15, 0.2) is 54.6 Å². The molecule has 2 aromatic carbocycles. The Kier molecular flexibility index (Phi) is 3.51. The van der Waals surface area contributed by atoms with Gasteiger partial charge in [0.15, 0.2) is 5.79 Å². The highest BCUT2D eigenvalue weighted by atomic mass is 16.7. The summed E-state index contributed by atoms with van der Waals surface area (Å²) in [7, 11) is 0. The maximum Gasteiger partial charge on any atom is 0.199 e. The largest absolute Gasteiger partial charge is 0.343 e. The molecule has 0 N–H and O–H groups in total.